The number of rotatable bonds is 3. The highest BCUT2D eigenvalue weighted by Gasteiger charge is 2.20. The van der Waals surface area contributed by atoms with Gasteiger partial charge in [0, 0.05) is 19.1 Å². The van der Waals surface area contributed by atoms with Crippen molar-refractivity contribution in [2.45, 2.75) is 32.5 Å². The van der Waals surface area contributed by atoms with Crippen molar-refractivity contribution in [3.8, 4) is 0 Å². The lowest BCUT2D eigenvalue weighted by molar-refractivity contribution is 0.175. The van der Waals surface area contributed by atoms with Crippen molar-refractivity contribution < 1.29 is 9.52 Å². The highest BCUT2D eigenvalue weighted by molar-refractivity contribution is 5.06. The van der Waals surface area contributed by atoms with Crippen LogP contribution in [0.2, 0.25) is 0 Å². The molecular formula is C13H22N2O2. The summed E-state index contributed by atoms with van der Waals surface area (Å²) in [5, 5.41) is 8.97. The Morgan fingerprint density at radius 3 is 2.82 bits per heavy atom. The first-order valence-corrected chi connectivity index (χ1v) is 6.30. The van der Waals surface area contributed by atoms with Gasteiger partial charge in [0.05, 0.1) is 6.54 Å². The Labute approximate surface area is 103 Å². The Morgan fingerprint density at radius 2 is 2.12 bits per heavy atom. The zero-order valence-electron chi connectivity index (χ0n) is 10.7. The first-order valence-electron chi connectivity index (χ1n) is 6.30. The van der Waals surface area contributed by atoms with Gasteiger partial charge in [0.15, 0.2) is 0 Å². The fourth-order valence-electron chi connectivity index (χ4n) is 2.45. The van der Waals surface area contributed by atoms with Crippen molar-refractivity contribution in [2.24, 2.45) is 0 Å². The molecule has 1 fully saturated rings. The highest BCUT2D eigenvalue weighted by atomic mass is 16.4. The van der Waals surface area contributed by atoms with Crippen LogP contribution in [0.4, 0.5) is 0 Å². The minimum Gasteiger partial charge on any atom is -0.462 e. The van der Waals surface area contributed by atoms with Gasteiger partial charge in [0.2, 0.25) is 0 Å². The molecule has 0 saturated carbocycles. The molecular weight excluding hydrogens is 216 g/mol. The van der Waals surface area contributed by atoms with Crippen LogP contribution in [0.3, 0.4) is 0 Å². The van der Waals surface area contributed by atoms with Crippen LogP contribution in [0.5, 0.6) is 0 Å². The SMILES string of the molecule is CC1CN(C)CCCN1Cc1ccc(CO)o1. The van der Waals surface area contributed by atoms with Crippen LogP contribution in [0.15, 0.2) is 16.5 Å². The second-order valence-electron chi connectivity index (χ2n) is 4.96. The normalized spacial score (nSPS) is 23.8. The quantitative estimate of drug-likeness (QED) is 0.861. The minimum atomic E-state index is -0.0156. The minimum absolute atomic E-state index is 0.0156. The van der Waals surface area contributed by atoms with E-state index in [1.807, 2.05) is 12.1 Å². The van der Waals surface area contributed by atoms with Gasteiger partial charge in [-0.1, -0.05) is 0 Å². The first kappa shape index (κ1) is 12.6. The Bertz CT molecular complexity index is 351. The molecule has 1 atom stereocenters. The molecule has 2 rings (SSSR count). The maximum atomic E-state index is 8.97. The number of aliphatic hydroxyl groups is 1. The third-order valence-corrected chi connectivity index (χ3v) is 3.42. The standard InChI is InChI=1S/C13H22N2O2/c1-11-8-14(2)6-3-7-15(11)9-12-4-5-13(10-16)17-12/h4-5,11,16H,3,6-10H2,1-2H3. The van der Waals surface area contributed by atoms with Gasteiger partial charge in [-0.05, 0) is 39.1 Å². The van der Waals surface area contributed by atoms with E-state index < -0.39 is 0 Å². The van der Waals surface area contributed by atoms with Gasteiger partial charge < -0.3 is 14.4 Å². The molecule has 0 aliphatic carbocycles. The van der Waals surface area contributed by atoms with Crippen LogP contribution in [-0.4, -0.2) is 47.6 Å². The molecule has 2 heterocycles. The predicted molar refractivity (Wildman–Crippen MR) is 66.6 cm³/mol. The summed E-state index contributed by atoms with van der Waals surface area (Å²) in [5.41, 5.74) is 0. The van der Waals surface area contributed by atoms with Crippen molar-refractivity contribution in [3.63, 3.8) is 0 Å². The van der Waals surface area contributed by atoms with Crippen LogP contribution in [0, 0.1) is 0 Å². The van der Waals surface area contributed by atoms with Crippen molar-refractivity contribution in [1.82, 2.24) is 9.80 Å². The number of furan rings is 1. The third kappa shape index (κ3) is 3.31. The molecule has 1 aromatic rings. The zero-order valence-corrected chi connectivity index (χ0v) is 10.7. The van der Waals surface area contributed by atoms with Crippen LogP contribution in [0.25, 0.3) is 0 Å². The summed E-state index contributed by atoms with van der Waals surface area (Å²) in [7, 11) is 2.18. The summed E-state index contributed by atoms with van der Waals surface area (Å²) in [6, 6.07) is 4.36. The maximum Gasteiger partial charge on any atom is 0.129 e. The molecule has 96 valence electrons. The number of hydrogen-bond acceptors (Lipinski definition) is 4. The molecule has 0 bridgehead atoms. The molecule has 0 aromatic carbocycles. The van der Waals surface area contributed by atoms with E-state index in [1.165, 1.54) is 13.0 Å². The molecule has 1 aliphatic rings. The summed E-state index contributed by atoms with van der Waals surface area (Å²) in [6.07, 6.45) is 1.20. The fourth-order valence-corrected chi connectivity index (χ4v) is 2.45. The van der Waals surface area contributed by atoms with Crippen LogP contribution in [0.1, 0.15) is 24.9 Å². The van der Waals surface area contributed by atoms with Gasteiger partial charge in [-0.25, -0.2) is 0 Å². The van der Waals surface area contributed by atoms with Crippen molar-refractivity contribution in [2.75, 3.05) is 26.7 Å². The summed E-state index contributed by atoms with van der Waals surface area (Å²) in [5.74, 6) is 1.60. The fraction of sp³-hybridized carbons (Fsp3) is 0.692. The van der Waals surface area contributed by atoms with E-state index >= 15 is 0 Å². The molecule has 1 saturated heterocycles. The number of hydrogen-bond donors (Lipinski definition) is 1. The topological polar surface area (TPSA) is 39.9 Å². The molecule has 0 amide bonds. The van der Waals surface area contributed by atoms with Gasteiger partial charge >= 0.3 is 0 Å². The van der Waals surface area contributed by atoms with Crippen molar-refractivity contribution >= 4 is 0 Å². The Kier molecular flexibility index (Phi) is 4.20. The number of likely N-dealkylation sites (N-methyl/N-ethyl adjacent to an activating group) is 1. The molecule has 1 aromatic heterocycles. The molecule has 1 unspecified atom stereocenters. The van der Waals surface area contributed by atoms with E-state index in [0.717, 1.165) is 25.4 Å². The van der Waals surface area contributed by atoms with Crippen molar-refractivity contribution in [3.05, 3.63) is 23.7 Å². The molecule has 4 heteroatoms. The Morgan fingerprint density at radius 1 is 1.35 bits per heavy atom. The third-order valence-electron chi connectivity index (χ3n) is 3.42. The van der Waals surface area contributed by atoms with Crippen LogP contribution in [-0.2, 0) is 13.2 Å². The molecule has 1 aliphatic heterocycles. The predicted octanol–water partition coefficient (Wildman–Crippen LogP) is 1.30. The lowest BCUT2D eigenvalue weighted by atomic mass is 10.2. The van der Waals surface area contributed by atoms with Crippen LogP contribution >= 0.6 is 0 Å². The molecule has 0 spiro atoms. The summed E-state index contributed by atoms with van der Waals surface area (Å²) in [4.78, 5) is 4.83. The molecule has 0 radical (unpaired) electrons. The van der Waals surface area contributed by atoms with E-state index in [9.17, 15) is 0 Å². The Balaban J connectivity index is 1.97. The van der Waals surface area contributed by atoms with E-state index in [1.54, 1.807) is 0 Å². The maximum absolute atomic E-state index is 8.97. The highest BCUT2D eigenvalue weighted by Crippen LogP contribution is 2.15. The van der Waals surface area contributed by atoms with E-state index in [-0.39, 0.29) is 6.61 Å². The van der Waals surface area contributed by atoms with E-state index in [0.29, 0.717) is 11.8 Å². The smallest absolute Gasteiger partial charge is 0.129 e. The molecule has 1 N–H and O–H groups in total. The van der Waals surface area contributed by atoms with Crippen LogP contribution < -0.4 is 0 Å². The van der Waals surface area contributed by atoms with Crippen molar-refractivity contribution in [1.29, 1.82) is 0 Å². The number of aliphatic hydroxyl groups excluding tert-OH is 1. The summed E-state index contributed by atoms with van der Waals surface area (Å²) in [6.45, 7) is 6.47. The average molecular weight is 238 g/mol. The molecule has 4 nitrogen and oxygen atoms in total. The second kappa shape index (κ2) is 5.67. The lowest BCUT2D eigenvalue weighted by Crippen LogP contribution is -2.37. The van der Waals surface area contributed by atoms with E-state index in [2.05, 4.69) is 23.8 Å². The van der Waals surface area contributed by atoms with Gasteiger partial charge in [-0.2, -0.15) is 0 Å². The van der Waals surface area contributed by atoms with Gasteiger partial charge in [0.25, 0.3) is 0 Å². The van der Waals surface area contributed by atoms with Gasteiger partial charge in [0.1, 0.15) is 18.1 Å². The van der Waals surface area contributed by atoms with Gasteiger partial charge in [-0.15, -0.1) is 0 Å². The zero-order chi connectivity index (χ0) is 12.3. The second-order valence-corrected chi connectivity index (χ2v) is 4.96. The van der Waals surface area contributed by atoms with E-state index in [4.69, 9.17) is 9.52 Å². The first-order chi connectivity index (χ1) is 8.19. The Hall–Kier alpha value is -0.840. The van der Waals surface area contributed by atoms with Gasteiger partial charge in [-0.3, -0.25) is 4.90 Å². The average Bonchev–Trinajstić information content (AvgIpc) is 2.68. The monoisotopic (exact) mass is 238 g/mol. The molecule has 17 heavy (non-hydrogen) atoms. The summed E-state index contributed by atoms with van der Waals surface area (Å²) >= 11 is 0. The lowest BCUT2D eigenvalue weighted by Gasteiger charge is -2.26. The summed E-state index contributed by atoms with van der Waals surface area (Å²) < 4.78 is 5.55. The number of nitrogens with zero attached hydrogens (tertiary/aromatic N) is 2. The largest absolute Gasteiger partial charge is 0.462 e.